The zero-order valence-corrected chi connectivity index (χ0v) is 13.5. The highest BCUT2D eigenvalue weighted by Crippen LogP contribution is 2.32. The number of nitrogens with zero attached hydrogens (tertiary/aromatic N) is 4. The Bertz CT molecular complexity index is 868. The largest absolute Gasteiger partial charge is 0.353 e. The molecule has 0 aliphatic rings. The molecule has 0 amide bonds. The van der Waals surface area contributed by atoms with Crippen molar-refractivity contribution < 1.29 is 4.92 Å². The number of nitrogens with one attached hydrogen (secondary N) is 2. The summed E-state index contributed by atoms with van der Waals surface area (Å²) in [5.41, 5.74) is 1.65. The monoisotopic (exact) mass is 336 g/mol. The van der Waals surface area contributed by atoms with Crippen molar-refractivity contribution in [3.8, 4) is 0 Å². The van der Waals surface area contributed by atoms with Gasteiger partial charge in [0.05, 0.1) is 4.92 Å². The van der Waals surface area contributed by atoms with E-state index in [1.54, 1.807) is 24.4 Å². The van der Waals surface area contributed by atoms with Crippen LogP contribution in [0.4, 0.5) is 28.8 Å². The van der Waals surface area contributed by atoms with E-state index >= 15 is 0 Å². The van der Waals surface area contributed by atoms with Crippen molar-refractivity contribution in [1.82, 2.24) is 15.0 Å². The molecule has 0 unspecified atom stereocenters. The second-order valence-electron chi connectivity index (χ2n) is 5.19. The highest BCUT2D eigenvalue weighted by molar-refractivity contribution is 5.76. The Morgan fingerprint density at radius 1 is 1.00 bits per heavy atom. The molecular weight excluding hydrogens is 320 g/mol. The van der Waals surface area contributed by atoms with Crippen molar-refractivity contribution in [3.05, 3.63) is 70.7 Å². The van der Waals surface area contributed by atoms with Crippen LogP contribution in [0, 0.1) is 10.1 Å². The third-order valence-corrected chi connectivity index (χ3v) is 3.54. The summed E-state index contributed by atoms with van der Waals surface area (Å²) in [5, 5.41) is 17.4. The van der Waals surface area contributed by atoms with E-state index in [-0.39, 0.29) is 17.3 Å². The lowest BCUT2D eigenvalue weighted by molar-refractivity contribution is -0.383. The molecule has 3 aromatic rings. The van der Waals surface area contributed by atoms with Crippen molar-refractivity contribution in [3.63, 3.8) is 0 Å². The van der Waals surface area contributed by atoms with Crippen LogP contribution < -0.4 is 10.6 Å². The van der Waals surface area contributed by atoms with Crippen LogP contribution in [-0.2, 0) is 6.42 Å². The maximum atomic E-state index is 11.5. The molecule has 2 N–H and O–H groups in total. The first-order chi connectivity index (χ1) is 12.2. The molecule has 0 radical (unpaired) electrons. The van der Waals surface area contributed by atoms with Crippen LogP contribution in [-0.4, -0.2) is 19.9 Å². The molecule has 0 aliphatic carbocycles. The molecule has 3 rings (SSSR count). The van der Waals surface area contributed by atoms with E-state index in [4.69, 9.17) is 0 Å². The summed E-state index contributed by atoms with van der Waals surface area (Å²) < 4.78 is 0. The van der Waals surface area contributed by atoms with Gasteiger partial charge in [0.25, 0.3) is 0 Å². The molecule has 0 saturated heterocycles. The van der Waals surface area contributed by atoms with Gasteiger partial charge in [0.2, 0.25) is 11.6 Å². The molecule has 0 saturated carbocycles. The van der Waals surface area contributed by atoms with Crippen LogP contribution in [0.2, 0.25) is 0 Å². The summed E-state index contributed by atoms with van der Waals surface area (Å²) in [6.45, 7) is 2.06. The smallest absolute Gasteiger partial charge is 0.334 e. The number of anilines is 4. The Labute approximate surface area is 144 Å². The van der Waals surface area contributed by atoms with Gasteiger partial charge in [-0.05, 0) is 36.2 Å². The van der Waals surface area contributed by atoms with Crippen molar-refractivity contribution in [1.29, 1.82) is 0 Å². The first kappa shape index (κ1) is 16.3. The lowest BCUT2D eigenvalue weighted by Crippen LogP contribution is -2.06. The summed E-state index contributed by atoms with van der Waals surface area (Å²) in [7, 11) is 0. The average molecular weight is 336 g/mol. The van der Waals surface area contributed by atoms with Crippen LogP contribution in [0.15, 0.2) is 55.0 Å². The molecule has 8 nitrogen and oxygen atoms in total. The van der Waals surface area contributed by atoms with Gasteiger partial charge in [0, 0.05) is 11.9 Å². The van der Waals surface area contributed by atoms with Gasteiger partial charge >= 0.3 is 5.69 Å². The summed E-state index contributed by atoms with van der Waals surface area (Å²) >= 11 is 0. The zero-order chi connectivity index (χ0) is 17.6. The number of rotatable bonds is 6. The maximum absolute atomic E-state index is 11.5. The Balaban J connectivity index is 1.93. The molecule has 0 atom stereocenters. The third-order valence-electron chi connectivity index (χ3n) is 3.54. The lowest BCUT2D eigenvalue weighted by Gasteiger charge is -2.10. The van der Waals surface area contributed by atoms with Crippen LogP contribution in [0.25, 0.3) is 0 Å². The van der Waals surface area contributed by atoms with Gasteiger partial charge in [-0.2, -0.15) is 0 Å². The second-order valence-corrected chi connectivity index (χ2v) is 5.19. The standard InChI is InChI=1S/C17H16N6O2/c1-2-12-6-8-13(9-7-12)21-16-15(23(24)25)17(20-11-19-16)22-14-5-3-4-10-18-14/h3-11H,2H2,1H3,(H2,18,19,20,21,22). The molecule has 2 heterocycles. The van der Waals surface area contributed by atoms with Crippen molar-refractivity contribution in [2.75, 3.05) is 10.6 Å². The maximum Gasteiger partial charge on any atom is 0.353 e. The van der Waals surface area contributed by atoms with Gasteiger partial charge in [0.1, 0.15) is 12.1 Å². The minimum Gasteiger partial charge on any atom is -0.334 e. The van der Waals surface area contributed by atoms with E-state index in [2.05, 4.69) is 32.5 Å². The Morgan fingerprint density at radius 2 is 1.72 bits per heavy atom. The number of benzene rings is 1. The number of aryl methyl sites for hydroxylation is 1. The fraction of sp³-hybridized carbons (Fsp3) is 0.118. The Kier molecular flexibility index (Phi) is 4.79. The number of hydrogen-bond acceptors (Lipinski definition) is 7. The summed E-state index contributed by atoms with van der Waals surface area (Å²) in [4.78, 5) is 23.1. The first-order valence-electron chi connectivity index (χ1n) is 7.70. The lowest BCUT2D eigenvalue weighted by atomic mass is 10.1. The summed E-state index contributed by atoms with van der Waals surface area (Å²) in [5.74, 6) is 0.650. The van der Waals surface area contributed by atoms with Crippen LogP contribution in [0.5, 0.6) is 0 Å². The minimum absolute atomic E-state index is 0.0754. The molecule has 0 aliphatic heterocycles. The summed E-state index contributed by atoms with van der Waals surface area (Å²) in [6, 6.07) is 12.9. The Morgan fingerprint density at radius 3 is 2.32 bits per heavy atom. The number of pyridine rings is 1. The second kappa shape index (κ2) is 7.35. The third kappa shape index (κ3) is 3.86. The normalized spacial score (nSPS) is 10.3. The van der Waals surface area contributed by atoms with Crippen molar-refractivity contribution in [2.24, 2.45) is 0 Å². The number of nitro groups is 1. The molecule has 0 spiro atoms. The van der Waals surface area contributed by atoms with Crippen LogP contribution in [0.1, 0.15) is 12.5 Å². The average Bonchev–Trinajstić information content (AvgIpc) is 2.63. The molecule has 2 aromatic heterocycles. The van der Waals surface area contributed by atoms with E-state index in [0.29, 0.717) is 11.5 Å². The predicted molar refractivity (Wildman–Crippen MR) is 95.3 cm³/mol. The fourth-order valence-electron chi connectivity index (χ4n) is 2.25. The molecule has 0 bridgehead atoms. The van der Waals surface area contributed by atoms with E-state index in [1.165, 1.54) is 11.9 Å². The van der Waals surface area contributed by atoms with E-state index in [0.717, 1.165) is 6.42 Å². The van der Waals surface area contributed by atoms with E-state index in [1.807, 2.05) is 24.3 Å². The molecule has 25 heavy (non-hydrogen) atoms. The Hall–Kier alpha value is -3.55. The minimum atomic E-state index is -0.520. The highest BCUT2D eigenvalue weighted by atomic mass is 16.6. The van der Waals surface area contributed by atoms with Gasteiger partial charge in [0.15, 0.2) is 0 Å². The predicted octanol–water partition coefficient (Wildman–Crippen LogP) is 3.83. The van der Waals surface area contributed by atoms with Crippen molar-refractivity contribution in [2.45, 2.75) is 13.3 Å². The zero-order valence-electron chi connectivity index (χ0n) is 13.5. The molecule has 126 valence electrons. The highest BCUT2D eigenvalue weighted by Gasteiger charge is 2.23. The van der Waals surface area contributed by atoms with E-state index < -0.39 is 4.92 Å². The van der Waals surface area contributed by atoms with Gasteiger partial charge in [-0.3, -0.25) is 10.1 Å². The molecule has 1 aromatic carbocycles. The van der Waals surface area contributed by atoms with Crippen molar-refractivity contribution >= 4 is 28.8 Å². The number of aromatic nitrogens is 3. The van der Waals surface area contributed by atoms with Gasteiger partial charge < -0.3 is 10.6 Å². The van der Waals surface area contributed by atoms with Crippen LogP contribution >= 0.6 is 0 Å². The van der Waals surface area contributed by atoms with Gasteiger partial charge in [-0.25, -0.2) is 15.0 Å². The van der Waals surface area contributed by atoms with Gasteiger partial charge in [-0.1, -0.05) is 25.1 Å². The van der Waals surface area contributed by atoms with E-state index in [9.17, 15) is 10.1 Å². The SMILES string of the molecule is CCc1ccc(Nc2ncnc(Nc3ccccn3)c2[N+](=O)[O-])cc1. The first-order valence-corrected chi connectivity index (χ1v) is 7.70. The quantitative estimate of drug-likeness (QED) is 0.520. The number of hydrogen-bond donors (Lipinski definition) is 2. The fourth-order valence-corrected chi connectivity index (χ4v) is 2.25. The molecule has 0 fully saturated rings. The molecule has 8 heteroatoms. The molecular formula is C17H16N6O2. The van der Waals surface area contributed by atoms with Crippen LogP contribution in [0.3, 0.4) is 0 Å². The van der Waals surface area contributed by atoms with Gasteiger partial charge in [-0.15, -0.1) is 0 Å². The topological polar surface area (TPSA) is 106 Å². The summed E-state index contributed by atoms with van der Waals surface area (Å²) in [6.07, 6.45) is 3.77.